The largest absolute Gasteiger partial charge is 0.497 e. The molecule has 7 heteroatoms. The van der Waals surface area contributed by atoms with Crippen LogP contribution in [0, 0.1) is 0 Å². The molecule has 2 heterocycles. The maximum atomic E-state index is 13.1. The van der Waals surface area contributed by atoms with Gasteiger partial charge in [-0.3, -0.25) is 9.69 Å². The highest BCUT2D eigenvalue weighted by Gasteiger charge is 2.70. The minimum atomic E-state index is -1.13. The normalized spacial score (nSPS) is 23.9. The molecular formula is C24H28N2O5. The van der Waals surface area contributed by atoms with E-state index < -0.39 is 23.4 Å². The van der Waals surface area contributed by atoms with E-state index in [-0.39, 0.29) is 19.1 Å². The average molecular weight is 424 g/mol. The maximum Gasteiger partial charge on any atom is 0.411 e. The number of fused-ring (bicyclic) bond motifs is 1. The molecule has 7 nitrogen and oxygen atoms in total. The van der Waals surface area contributed by atoms with Gasteiger partial charge in [0.15, 0.2) is 5.60 Å². The van der Waals surface area contributed by atoms with Crippen LogP contribution in [0.25, 0.3) is 0 Å². The number of hydrogen-bond acceptors (Lipinski definition) is 5. The molecule has 0 aromatic heterocycles. The monoisotopic (exact) mass is 424 g/mol. The third-order valence-corrected chi connectivity index (χ3v) is 6.02. The van der Waals surface area contributed by atoms with Crippen LogP contribution in [-0.4, -0.2) is 52.8 Å². The highest BCUT2D eigenvalue weighted by Crippen LogP contribution is 2.47. The molecule has 0 aliphatic carbocycles. The lowest BCUT2D eigenvalue weighted by atomic mass is 9.87. The number of ether oxygens (including phenoxy) is 3. The molecule has 0 radical (unpaired) electrons. The highest BCUT2D eigenvalue weighted by molar-refractivity contribution is 5.95. The number of methoxy groups -OCH3 is 1. The van der Waals surface area contributed by atoms with Gasteiger partial charge in [-0.15, -0.1) is 0 Å². The standard InChI is InChI=1S/C24H28N2O5/c1-23(2)16-25(22(28)30-14-17-8-6-5-7-9-17)20-24(3,21(27)26(20)23)31-15-18-10-12-19(29-4)13-11-18/h5-13,20H,14-16H2,1-4H3. The van der Waals surface area contributed by atoms with Crippen molar-refractivity contribution < 1.29 is 23.8 Å². The van der Waals surface area contributed by atoms with Gasteiger partial charge in [0.2, 0.25) is 0 Å². The molecule has 0 saturated carbocycles. The van der Waals surface area contributed by atoms with Crippen LogP contribution in [0.5, 0.6) is 5.75 Å². The Labute approximate surface area is 182 Å². The van der Waals surface area contributed by atoms with Crippen molar-refractivity contribution in [3.8, 4) is 5.75 Å². The van der Waals surface area contributed by atoms with Gasteiger partial charge in [0, 0.05) is 6.54 Å². The van der Waals surface area contributed by atoms with E-state index in [9.17, 15) is 9.59 Å². The first-order valence-electron chi connectivity index (χ1n) is 10.3. The Morgan fingerprint density at radius 2 is 1.65 bits per heavy atom. The molecule has 2 aromatic carbocycles. The highest BCUT2D eigenvalue weighted by atomic mass is 16.6. The smallest absolute Gasteiger partial charge is 0.411 e. The molecule has 4 rings (SSSR count). The molecule has 2 aliphatic rings. The Hall–Kier alpha value is -3.06. The number of carbonyl (C=O) groups is 2. The van der Waals surface area contributed by atoms with Crippen molar-refractivity contribution in [1.82, 2.24) is 9.80 Å². The van der Waals surface area contributed by atoms with E-state index >= 15 is 0 Å². The predicted octanol–water partition coefficient (Wildman–Crippen LogP) is 3.57. The van der Waals surface area contributed by atoms with Crippen molar-refractivity contribution >= 4 is 12.0 Å². The molecule has 0 bridgehead atoms. The van der Waals surface area contributed by atoms with Gasteiger partial charge >= 0.3 is 6.09 Å². The summed E-state index contributed by atoms with van der Waals surface area (Å²) in [7, 11) is 1.61. The van der Waals surface area contributed by atoms with Crippen molar-refractivity contribution in [1.29, 1.82) is 0 Å². The number of amides is 2. The fourth-order valence-electron chi connectivity index (χ4n) is 4.32. The van der Waals surface area contributed by atoms with E-state index in [1.807, 2.05) is 68.4 Å². The number of hydrogen-bond donors (Lipinski definition) is 0. The van der Waals surface area contributed by atoms with Gasteiger partial charge in [0.05, 0.1) is 19.3 Å². The molecule has 2 amide bonds. The average Bonchev–Trinajstić information content (AvgIpc) is 3.06. The SMILES string of the molecule is COc1ccc(COC2(C)C(=O)N3C2N(C(=O)OCc2ccccc2)CC3(C)C)cc1. The quantitative estimate of drug-likeness (QED) is 0.663. The summed E-state index contributed by atoms with van der Waals surface area (Å²) in [6.45, 7) is 6.47. The van der Waals surface area contributed by atoms with Crippen LogP contribution in [-0.2, 0) is 27.5 Å². The molecule has 2 saturated heterocycles. The zero-order valence-electron chi connectivity index (χ0n) is 18.3. The molecule has 2 aromatic rings. The van der Waals surface area contributed by atoms with Crippen LogP contribution in [0.1, 0.15) is 31.9 Å². The molecule has 0 N–H and O–H groups in total. The summed E-state index contributed by atoms with van der Waals surface area (Å²) in [6, 6.07) is 17.0. The lowest BCUT2D eigenvalue weighted by Gasteiger charge is -2.54. The second-order valence-corrected chi connectivity index (χ2v) is 8.77. The Morgan fingerprint density at radius 3 is 2.29 bits per heavy atom. The summed E-state index contributed by atoms with van der Waals surface area (Å²) >= 11 is 0. The van der Waals surface area contributed by atoms with Gasteiger partial charge in [0.1, 0.15) is 18.5 Å². The van der Waals surface area contributed by atoms with Gasteiger partial charge in [-0.25, -0.2) is 4.79 Å². The summed E-state index contributed by atoms with van der Waals surface area (Å²) in [5.74, 6) is 0.639. The number of rotatable bonds is 6. The van der Waals surface area contributed by atoms with Crippen molar-refractivity contribution in [2.24, 2.45) is 0 Å². The van der Waals surface area contributed by atoms with E-state index in [1.54, 1.807) is 23.8 Å². The fraction of sp³-hybridized carbons (Fsp3) is 0.417. The number of carbonyl (C=O) groups excluding carboxylic acids is 2. The first-order chi connectivity index (χ1) is 14.8. The van der Waals surface area contributed by atoms with Crippen LogP contribution in [0.3, 0.4) is 0 Å². The Balaban J connectivity index is 1.47. The van der Waals surface area contributed by atoms with E-state index in [0.717, 1.165) is 16.9 Å². The van der Waals surface area contributed by atoms with Gasteiger partial charge in [-0.05, 0) is 44.0 Å². The summed E-state index contributed by atoms with van der Waals surface area (Å²) in [5.41, 5.74) is 0.216. The number of β-lactam (4-membered cyclic amide) rings is 1. The first-order valence-corrected chi connectivity index (χ1v) is 10.3. The minimum absolute atomic E-state index is 0.116. The van der Waals surface area contributed by atoms with E-state index in [1.165, 1.54) is 0 Å². The Bertz CT molecular complexity index is 960. The van der Waals surface area contributed by atoms with Crippen molar-refractivity contribution in [3.63, 3.8) is 0 Å². The minimum Gasteiger partial charge on any atom is -0.497 e. The van der Waals surface area contributed by atoms with Crippen molar-refractivity contribution in [2.45, 2.75) is 51.3 Å². The second kappa shape index (κ2) is 7.89. The van der Waals surface area contributed by atoms with E-state index in [0.29, 0.717) is 6.54 Å². The zero-order valence-corrected chi connectivity index (χ0v) is 18.3. The number of nitrogens with zero attached hydrogens (tertiary/aromatic N) is 2. The lowest BCUT2D eigenvalue weighted by Crippen LogP contribution is -2.77. The zero-order chi connectivity index (χ0) is 22.2. The van der Waals surface area contributed by atoms with Crippen LogP contribution in [0.2, 0.25) is 0 Å². The summed E-state index contributed by atoms with van der Waals surface area (Å²) in [4.78, 5) is 29.3. The van der Waals surface area contributed by atoms with Crippen LogP contribution >= 0.6 is 0 Å². The van der Waals surface area contributed by atoms with E-state index in [2.05, 4.69) is 0 Å². The molecule has 164 valence electrons. The molecule has 2 aliphatic heterocycles. The van der Waals surface area contributed by atoms with Crippen molar-refractivity contribution in [2.75, 3.05) is 13.7 Å². The molecule has 31 heavy (non-hydrogen) atoms. The molecule has 0 spiro atoms. The Morgan fingerprint density at radius 1 is 1.00 bits per heavy atom. The Kier molecular flexibility index (Phi) is 5.39. The topological polar surface area (TPSA) is 68.3 Å². The molecular weight excluding hydrogens is 396 g/mol. The second-order valence-electron chi connectivity index (χ2n) is 8.77. The first kappa shape index (κ1) is 21.2. The van der Waals surface area contributed by atoms with E-state index in [4.69, 9.17) is 14.2 Å². The van der Waals surface area contributed by atoms with Crippen LogP contribution in [0.15, 0.2) is 54.6 Å². The molecule has 2 unspecified atom stereocenters. The number of benzene rings is 2. The molecule has 2 atom stereocenters. The van der Waals surface area contributed by atoms with Gasteiger partial charge in [0.25, 0.3) is 5.91 Å². The summed E-state index contributed by atoms with van der Waals surface area (Å²) in [6.07, 6.45) is -0.951. The van der Waals surface area contributed by atoms with Gasteiger partial charge in [-0.2, -0.15) is 0 Å². The van der Waals surface area contributed by atoms with Gasteiger partial charge in [-0.1, -0.05) is 42.5 Å². The van der Waals surface area contributed by atoms with Crippen LogP contribution < -0.4 is 4.74 Å². The third-order valence-electron chi connectivity index (χ3n) is 6.02. The van der Waals surface area contributed by atoms with Gasteiger partial charge < -0.3 is 19.1 Å². The fourth-order valence-corrected chi connectivity index (χ4v) is 4.32. The molecule has 2 fully saturated rings. The third kappa shape index (κ3) is 3.74. The predicted molar refractivity (Wildman–Crippen MR) is 114 cm³/mol. The lowest BCUT2D eigenvalue weighted by molar-refractivity contribution is -0.217. The van der Waals surface area contributed by atoms with Crippen molar-refractivity contribution in [3.05, 3.63) is 65.7 Å². The van der Waals surface area contributed by atoms with Crippen LogP contribution in [0.4, 0.5) is 4.79 Å². The maximum absolute atomic E-state index is 13.1. The summed E-state index contributed by atoms with van der Waals surface area (Å²) in [5, 5.41) is 0. The summed E-state index contributed by atoms with van der Waals surface area (Å²) < 4.78 is 16.8.